The van der Waals surface area contributed by atoms with Gasteiger partial charge in [-0.25, -0.2) is 14.1 Å². The maximum Gasteiger partial charge on any atom is 0.275 e. The standard InChI is InChI=1S/C19H21FN6O3/c1-19(28,11-20)12-2-3-13-14(10-12)26(15-4-5-22-18(21)23-15)24-16(13)17(27)25-6-8-29-9-7-25/h2-5,10,28H,6-9,11H2,1H3,(H2,21,22,23). The molecule has 0 radical (unpaired) electrons. The third-order valence-corrected chi connectivity index (χ3v) is 4.94. The minimum atomic E-state index is -1.66. The Hall–Kier alpha value is -3.11. The molecule has 3 N–H and O–H groups in total. The number of hydrogen-bond donors (Lipinski definition) is 2. The van der Waals surface area contributed by atoms with Gasteiger partial charge in [-0.1, -0.05) is 6.07 Å². The van der Waals surface area contributed by atoms with Gasteiger partial charge < -0.3 is 20.5 Å². The lowest BCUT2D eigenvalue weighted by Gasteiger charge is -2.26. The van der Waals surface area contributed by atoms with Crippen molar-refractivity contribution in [3.05, 3.63) is 41.7 Å². The van der Waals surface area contributed by atoms with Gasteiger partial charge in [-0.3, -0.25) is 4.79 Å². The number of benzene rings is 1. The maximum atomic E-state index is 13.3. The molecule has 1 amide bonds. The number of rotatable bonds is 4. The number of alkyl halides is 1. The average molecular weight is 400 g/mol. The van der Waals surface area contributed by atoms with Crippen LogP contribution >= 0.6 is 0 Å². The van der Waals surface area contributed by atoms with E-state index in [4.69, 9.17) is 10.5 Å². The number of nitrogens with zero attached hydrogens (tertiary/aromatic N) is 5. The van der Waals surface area contributed by atoms with Crippen LogP contribution in [0.15, 0.2) is 30.5 Å². The van der Waals surface area contributed by atoms with Crippen LogP contribution in [0.1, 0.15) is 23.0 Å². The summed E-state index contributed by atoms with van der Waals surface area (Å²) in [7, 11) is 0. The highest BCUT2D eigenvalue weighted by Crippen LogP contribution is 2.29. The summed E-state index contributed by atoms with van der Waals surface area (Å²) in [6.07, 6.45) is 1.48. The van der Waals surface area contributed by atoms with Crippen molar-refractivity contribution >= 4 is 22.8 Å². The molecule has 4 rings (SSSR count). The molecule has 10 heteroatoms. The summed E-state index contributed by atoms with van der Waals surface area (Å²) < 4.78 is 20.1. The van der Waals surface area contributed by atoms with Crippen molar-refractivity contribution in [2.45, 2.75) is 12.5 Å². The molecule has 1 fully saturated rings. The largest absolute Gasteiger partial charge is 0.383 e. The van der Waals surface area contributed by atoms with E-state index in [0.29, 0.717) is 48.6 Å². The molecule has 9 nitrogen and oxygen atoms in total. The summed E-state index contributed by atoms with van der Waals surface area (Å²) in [4.78, 5) is 22.8. The lowest BCUT2D eigenvalue weighted by molar-refractivity contribution is 0.0299. The number of anilines is 1. The van der Waals surface area contributed by atoms with Crippen LogP contribution in [0, 0.1) is 0 Å². The van der Waals surface area contributed by atoms with E-state index in [0.717, 1.165) is 0 Å². The first-order valence-corrected chi connectivity index (χ1v) is 9.18. The first-order valence-electron chi connectivity index (χ1n) is 9.18. The second-order valence-electron chi connectivity index (χ2n) is 7.08. The van der Waals surface area contributed by atoms with E-state index in [-0.39, 0.29) is 17.5 Å². The first-order chi connectivity index (χ1) is 13.9. The molecule has 0 bridgehead atoms. The second-order valence-corrected chi connectivity index (χ2v) is 7.08. The maximum absolute atomic E-state index is 13.3. The van der Waals surface area contributed by atoms with Crippen LogP contribution in [-0.2, 0) is 10.3 Å². The number of carbonyl (C=O) groups excluding carboxylic acids is 1. The molecule has 0 saturated carbocycles. The van der Waals surface area contributed by atoms with Gasteiger partial charge in [0.05, 0.1) is 18.7 Å². The van der Waals surface area contributed by atoms with E-state index in [2.05, 4.69) is 15.1 Å². The fourth-order valence-corrected chi connectivity index (χ4v) is 3.26. The molecular formula is C19H21FN6O3. The zero-order chi connectivity index (χ0) is 20.6. The molecule has 2 aromatic heterocycles. The van der Waals surface area contributed by atoms with E-state index in [9.17, 15) is 14.3 Å². The van der Waals surface area contributed by atoms with Gasteiger partial charge in [-0.2, -0.15) is 10.1 Å². The highest BCUT2D eigenvalue weighted by Gasteiger charge is 2.28. The molecule has 29 heavy (non-hydrogen) atoms. The first kappa shape index (κ1) is 19.2. The van der Waals surface area contributed by atoms with Crippen LogP contribution in [0.2, 0.25) is 0 Å². The number of halogens is 1. The van der Waals surface area contributed by atoms with Gasteiger partial charge in [-0.05, 0) is 24.6 Å². The van der Waals surface area contributed by atoms with Crippen molar-refractivity contribution < 1.29 is 19.0 Å². The number of aliphatic hydroxyl groups is 1. The fraction of sp³-hybridized carbons (Fsp3) is 0.368. The summed E-state index contributed by atoms with van der Waals surface area (Å²) in [5.74, 6) is 0.184. The summed E-state index contributed by atoms with van der Waals surface area (Å²) in [6.45, 7) is 2.32. The molecule has 1 saturated heterocycles. The quantitative estimate of drug-likeness (QED) is 0.672. The zero-order valence-corrected chi connectivity index (χ0v) is 15.9. The van der Waals surface area contributed by atoms with Crippen LogP contribution in [0.25, 0.3) is 16.7 Å². The molecule has 1 aromatic carbocycles. The van der Waals surface area contributed by atoms with E-state index < -0.39 is 12.3 Å². The van der Waals surface area contributed by atoms with Crippen molar-refractivity contribution in [3.63, 3.8) is 0 Å². The number of aromatic nitrogens is 4. The minimum Gasteiger partial charge on any atom is -0.383 e. The normalized spacial score (nSPS) is 16.7. The van der Waals surface area contributed by atoms with Crippen LogP contribution in [0.5, 0.6) is 0 Å². The Morgan fingerprint density at radius 2 is 2.10 bits per heavy atom. The number of morpholine rings is 1. The number of hydrogen-bond acceptors (Lipinski definition) is 7. The summed E-state index contributed by atoms with van der Waals surface area (Å²) in [5, 5.41) is 15.4. The van der Waals surface area contributed by atoms with Gasteiger partial charge in [0.2, 0.25) is 5.95 Å². The van der Waals surface area contributed by atoms with Gasteiger partial charge in [0, 0.05) is 30.7 Å². The molecule has 1 aliphatic heterocycles. The van der Waals surface area contributed by atoms with Gasteiger partial charge in [-0.15, -0.1) is 0 Å². The van der Waals surface area contributed by atoms with Crippen molar-refractivity contribution in [2.75, 3.05) is 38.7 Å². The summed E-state index contributed by atoms with van der Waals surface area (Å²) in [6, 6.07) is 6.47. The zero-order valence-electron chi connectivity index (χ0n) is 15.9. The van der Waals surface area contributed by atoms with E-state index in [1.165, 1.54) is 17.8 Å². The van der Waals surface area contributed by atoms with Gasteiger partial charge in [0.25, 0.3) is 5.91 Å². The third-order valence-electron chi connectivity index (χ3n) is 4.94. The molecule has 1 unspecified atom stereocenters. The number of fused-ring (bicyclic) bond motifs is 1. The average Bonchev–Trinajstić information content (AvgIpc) is 3.13. The Bertz CT molecular complexity index is 1060. The predicted octanol–water partition coefficient (Wildman–Crippen LogP) is 1.05. The summed E-state index contributed by atoms with van der Waals surface area (Å²) in [5.41, 5.74) is 5.15. The Morgan fingerprint density at radius 1 is 1.34 bits per heavy atom. The minimum absolute atomic E-state index is 0.0547. The number of amides is 1. The smallest absolute Gasteiger partial charge is 0.275 e. The summed E-state index contributed by atoms with van der Waals surface area (Å²) >= 11 is 0. The van der Waals surface area contributed by atoms with Gasteiger partial charge in [0.1, 0.15) is 12.3 Å². The molecule has 1 aliphatic rings. The monoisotopic (exact) mass is 400 g/mol. The number of carbonyl (C=O) groups is 1. The molecule has 1 atom stereocenters. The van der Waals surface area contributed by atoms with Gasteiger partial charge >= 0.3 is 0 Å². The number of nitrogen functional groups attached to an aromatic ring is 1. The van der Waals surface area contributed by atoms with Crippen LogP contribution in [0.4, 0.5) is 10.3 Å². The molecule has 0 aliphatic carbocycles. The molecular weight excluding hydrogens is 379 g/mol. The van der Waals surface area contributed by atoms with E-state index in [1.807, 2.05) is 0 Å². The van der Waals surface area contributed by atoms with Crippen molar-refractivity contribution in [3.8, 4) is 5.82 Å². The van der Waals surface area contributed by atoms with E-state index >= 15 is 0 Å². The van der Waals surface area contributed by atoms with Gasteiger partial charge in [0.15, 0.2) is 11.5 Å². The van der Waals surface area contributed by atoms with Crippen LogP contribution in [0.3, 0.4) is 0 Å². The molecule has 3 heterocycles. The lowest BCUT2D eigenvalue weighted by atomic mass is 9.96. The molecule has 0 spiro atoms. The van der Waals surface area contributed by atoms with Crippen molar-refractivity contribution in [2.24, 2.45) is 0 Å². The van der Waals surface area contributed by atoms with Crippen molar-refractivity contribution in [1.29, 1.82) is 0 Å². The molecule has 152 valence electrons. The predicted molar refractivity (Wildman–Crippen MR) is 103 cm³/mol. The highest BCUT2D eigenvalue weighted by atomic mass is 19.1. The molecule has 3 aromatic rings. The third kappa shape index (κ3) is 3.52. The van der Waals surface area contributed by atoms with Crippen LogP contribution in [-0.4, -0.2) is 68.6 Å². The Balaban J connectivity index is 1.89. The van der Waals surface area contributed by atoms with Crippen molar-refractivity contribution in [1.82, 2.24) is 24.6 Å². The number of ether oxygens (including phenoxy) is 1. The Labute approximate surface area is 165 Å². The highest BCUT2D eigenvalue weighted by molar-refractivity contribution is 6.05. The van der Waals surface area contributed by atoms with Crippen LogP contribution < -0.4 is 5.73 Å². The number of nitrogens with two attached hydrogens (primary N) is 1. The van der Waals surface area contributed by atoms with E-state index in [1.54, 1.807) is 29.2 Å². The fourth-order valence-electron chi connectivity index (χ4n) is 3.26. The SMILES string of the molecule is CC(O)(CF)c1ccc2c(C(=O)N3CCOCC3)nn(-c3ccnc(N)n3)c2c1. The lowest BCUT2D eigenvalue weighted by Crippen LogP contribution is -2.41. The Kier molecular flexibility index (Phi) is 4.89. The second kappa shape index (κ2) is 7.37. The topological polar surface area (TPSA) is 119 Å². The Morgan fingerprint density at radius 3 is 2.79 bits per heavy atom.